The van der Waals surface area contributed by atoms with Gasteiger partial charge in [0, 0.05) is 31.7 Å². The molecule has 2 fully saturated rings. The molecule has 2 aromatic rings. The molecule has 8 nitrogen and oxygen atoms in total. The molecule has 0 radical (unpaired) electrons. The van der Waals surface area contributed by atoms with Crippen LogP contribution in [0.5, 0.6) is 0 Å². The smallest absolute Gasteiger partial charge is 0.311 e. The maximum absolute atomic E-state index is 13.0. The number of carbonyl (C=O) groups excluding carboxylic acids is 1. The summed E-state index contributed by atoms with van der Waals surface area (Å²) in [5, 5.41) is 14.0. The Balaban J connectivity index is 1.58. The molecule has 0 aliphatic carbocycles. The Labute approximate surface area is 161 Å². The largest absolute Gasteiger partial charge is 0.481 e. The third kappa shape index (κ3) is 3.20. The molecule has 0 unspecified atom stereocenters. The summed E-state index contributed by atoms with van der Waals surface area (Å²) in [5.74, 6) is -1.49. The number of aromatic nitrogens is 2. The molecule has 8 heteroatoms. The van der Waals surface area contributed by atoms with E-state index in [0.29, 0.717) is 26.2 Å². The molecule has 0 spiro atoms. The van der Waals surface area contributed by atoms with Crippen molar-refractivity contribution >= 4 is 11.9 Å². The van der Waals surface area contributed by atoms with Crippen LogP contribution in [0.2, 0.25) is 0 Å². The zero-order valence-electron chi connectivity index (χ0n) is 15.3. The van der Waals surface area contributed by atoms with Crippen molar-refractivity contribution < 1.29 is 19.4 Å². The predicted octanol–water partition coefficient (Wildman–Crippen LogP) is 0.855. The molecule has 2 saturated heterocycles. The fourth-order valence-corrected chi connectivity index (χ4v) is 4.05. The Bertz CT molecular complexity index is 958. The maximum atomic E-state index is 13.0. The van der Waals surface area contributed by atoms with Gasteiger partial charge in [-0.2, -0.15) is 5.10 Å². The Morgan fingerprint density at radius 1 is 1.21 bits per heavy atom. The summed E-state index contributed by atoms with van der Waals surface area (Å²) in [6.45, 7) is 1.41. The first-order valence-electron chi connectivity index (χ1n) is 9.22. The van der Waals surface area contributed by atoms with E-state index in [2.05, 4.69) is 5.10 Å². The van der Waals surface area contributed by atoms with E-state index >= 15 is 0 Å². The van der Waals surface area contributed by atoms with Crippen molar-refractivity contribution in [2.75, 3.05) is 26.3 Å². The number of benzene rings is 1. The van der Waals surface area contributed by atoms with E-state index < -0.39 is 11.4 Å². The first-order valence-corrected chi connectivity index (χ1v) is 9.22. The molecule has 1 aromatic carbocycles. The number of carbonyl (C=O) groups is 2. The Hall–Kier alpha value is -3.00. The van der Waals surface area contributed by atoms with Crippen LogP contribution in [0, 0.1) is 11.3 Å². The average molecular weight is 383 g/mol. The molecule has 1 N–H and O–H groups in total. The van der Waals surface area contributed by atoms with Crippen LogP contribution in [0.3, 0.4) is 0 Å². The van der Waals surface area contributed by atoms with Gasteiger partial charge in [0.25, 0.3) is 11.5 Å². The van der Waals surface area contributed by atoms with E-state index in [1.807, 2.05) is 30.3 Å². The highest BCUT2D eigenvalue weighted by Gasteiger charge is 2.55. The molecular weight excluding hydrogens is 362 g/mol. The molecule has 146 valence electrons. The number of aliphatic carboxylic acids is 1. The number of likely N-dealkylation sites (tertiary alicyclic amines) is 1. The Morgan fingerprint density at radius 3 is 2.71 bits per heavy atom. The minimum absolute atomic E-state index is 0.134. The molecule has 2 atom stereocenters. The first-order chi connectivity index (χ1) is 13.5. The molecular formula is C20H21N3O5. The van der Waals surface area contributed by atoms with Gasteiger partial charge in [0.05, 0.1) is 18.6 Å². The highest BCUT2D eigenvalue weighted by Crippen LogP contribution is 2.42. The lowest BCUT2D eigenvalue weighted by atomic mass is 9.74. The fourth-order valence-electron chi connectivity index (χ4n) is 4.05. The van der Waals surface area contributed by atoms with Gasteiger partial charge in [-0.1, -0.05) is 30.3 Å². The summed E-state index contributed by atoms with van der Waals surface area (Å²) in [6.07, 6.45) is 0.387. The van der Waals surface area contributed by atoms with Gasteiger partial charge in [-0.15, -0.1) is 0 Å². The molecule has 2 aliphatic rings. The van der Waals surface area contributed by atoms with Gasteiger partial charge in [-0.05, 0) is 18.1 Å². The number of nitrogens with zero attached hydrogens (tertiary/aromatic N) is 3. The first kappa shape index (κ1) is 18.4. The molecule has 0 saturated carbocycles. The van der Waals surface area contributed by atoms with E-state index in [-0.39, 0.29) is 36.2 Å². The van der Waals surface area contributed by atoms with Gasteiger partial charge in [-0.3, -0.25) is 14.4 Å². The Kier molecular flexibility index (Phi) is 4.72. The lowest BCUT2D eigenvalue weighted by molar-refractivity contribution is -0.157. The van der Waals surface area contributed by atoms with Gasteiger partial charge in [0.2, 0.25) is 0 Å². The van der Waals surface area contributed by atoms with Gasteiger partial charge in [0.1, 0.15) is 5.69 Å². The van der Waals surface area contributed by atoms with E-state index in [4.69, 9.17) is 4.74 Å². The van der Waals surface area contributed by atoms with Crippen LogP contribution in [-0.4, -0.2) is 58.0 Å². The minimum Gasteiger partial charge on any atom is -0.481 e. The number of carboxylic acid groups (broad SMARTS) is 1. The summed E-state index contributed by atoms with van der Waals surface area (Å²) < 4.78 is 6.68. The second kappa shape index (κ2) is 7.20. The molecule has 1 amide bonds. The third-order valence-corrected chi connectivity index (χ3v) is 5.68. The van der Waals surface area contributed by atoms with Crippen molar-refractivity contribution in [2.24, 2.45) is 11.3 Å². The van der Waals surface area contributed by atoms with Gasteiger partial charge < -0.3 is 14.7 Å². The average Bonchev–Trinajstić information content (AvgIpc) is 3.11. The highest BCUT2D eigenvalue weighted by molar-refractivity contribution is 5.93. The second-order valence-electron chi connectivity index (χ2n) is 7.37. The molecule has 2 aliphatic heterocycles. The zero-order valence-corrected chi connectivity index (χ0v) is 15.3. The van der Waals surface area contributed by atoms with Crippen LogP contribution < -0.4 is 5.56 Å². The SMILES string of the molecule is O=C(c1ccc(=O)n(Cc2ccccc2)n1)N1C[C@H]2COCC[C@@]2(C(=O)O)C1. The number of rotatable bonds is 4. The lowest BCUT2D eigenvalue weighted by Gasteiger charge is -2.33. The van der Waals surface area contributed by atoms with E-state index in [1.165, 1.54) is 21.7 Å². The fraction of sp³-hybridized carbons (Fsp3) is 0.400. The van der Waals surface area contributed by atoms with Crippen molar-refractivity contribution in [3.63, 3.8) is 0 Å². The van der Waals surface area contributed by atoms with E-state index in [0.717, 1.165) is 5.56 Å². The molecule has 3 heterocycles. The van der Waals surface area contributed by atoms with Crippen LogP contribution in [0.4, 0.5) is 0 Å². The quantitative estimate of drug-likeness (QED) is 0.840. The van der Waals surface area contributed by atoms with E-state index in [1.54, 1.807) is 0 Å². The number of carboxylic acids is 1. The minimum atomic E-state index is -0.966. The number of hydrogen-bond donors (Lipinski definition) is 1. The van der Waals surface area contributed by atoms with Crippen LogP contribution in [0.1, 0.15) is 22.5 Å². The number of ether oxygens (including phenoxy) is 1. The summed E-state index contributed by atoms with van der Waals surface area (Å²) >= 11 is 0. The summed E-state index contributed by atoms with van der Waals surface area (Å²) in [4.78, 5) is 38.6. The number of amides is 1. The number of hydrogen-bond acceptors (Lipinski definition) is 5. The van der Waals surface area contributed by atoms with Crippen LogP contribution in [0.15, 0.2) is 47.3 Å². The molecule has 0 bridgehead atoms. The summed E-state index contributed by atoms with van der Waals surface area (Å²) in [5.41, 5.74) is -0.232. The van der Waals surface area contributed by atoms with Gasteiger partial charge in [-0.25, -0.2) is 4.68 Å². The van der Waals surface area contributed by atoms with Crippen molar-refractivity contribution in [1.29, 1.82) is 0 Å². The monoisotopic (exact) mass is 383 g/mol. The molecule has 4 rings (SSSR count). The Morgan fingerprint density at radius 2 is 2.00 bits per heavy atom. The molecule has 28 heavy (non-hydrogen) atoms. The van der Waals surface area contributed by atoms with Gasteiger partial charge >= 0.3 is 5.97 Å². The maximum Gasteiger partial charge on any atom is 0.311 e. The normalized spacial score (nSPS) is 24.0. The van der Waals surface area contributed by atoms with Crippen molar-refractivity contribution in [3.8, 4) is 0 Å². The number of fused-ring (bicyclic) bond motifs is 1. The molecule has 1 aromatic heterocycles. The van der Waals surface area contributed by atoms with Crippen LogP contribution in [0.25, 0.3) is 0 Å². The van der Waals surface area contributed by atoms with Gasteiger partial charge in [0.15, 0.2) is 0 Å². The van der Waals surface area contributed by atoms with Crippen molar-refractivity contribution in [1.82, 2.24) is 14.7 Å². The second-order valence-corrected chi connectivity index (χ2v) is 7.37. The van der Waals surface area contributed by atoms with Crippen LogP contribution >= 0.6 is 0 Å². The summed E-state index contributed by atoms with van der Waals surface area (Å²) in [6, 6.07) is 12.1. The predicted molar refractivity (Wildman–Crippen MR) is 98.9 cm³/mol. The zero-order chi connectivity index (χ0) is 19.7. The van der Waals surface area contributed by atoms with Crippen molar-refractivity contribution in [2.45, 2.75) is 13.0 Å². The summed E-state index contributed by atoms with van der Waals surface area (Å²) in [7, 11) is 0. The van der Waals surface area contributed by atoms with Crippen LogP contribution in [-0.2, 0) is 16.1 Å². The van der Waals surface area contributed by atoms with Crippen molar-refractivity contribution in [3.05, 3.63) is 64.1 Å². The third-order valence-electron chi connectivity index (χ3n) is 5.68. The van der Waals surface area contributed by atoms with E-state index in [9.17, 15) is 19.5 Å². The topological polar surface area (TPSA) is 102 Å². The highest BCUT2D eigenvalue weighted by atomic mass is 16.5. The lowest BCUT2D eigenvalue weighted by Crippen LogP contribution is -2.45. The standard InChI is InChI=1S/C20H21N3O5/c24-17-7-6-16(21-23(17)10-14-4-2-1-3-5-14)18(25)22-11-15-12-28-9-8-20(15,13-22)19(26)27/h1-7,15H,8-13H2,(H,26,27)/t15-,20+/m0/s1.